The van der Waals surface area contributed by atoms with Crippen molar-refractivity contribution in [1.82, 2.24) is 15.0 Å². The van der Waals surface area contributed by atoms with E-state index in [2.05, 4.69) is 0 Å². The lowest BCUT2D eigenvalue weighted by molar-refractivity contribution is -1.17. The van der Waals surface area contributed by atoms with E-state index in [0.29, 0.717) is 18.8 Å². The number of rotatable bonds is 6. The van der Waals surface area contributed by atoms with E-state index in [1.54, 1.807) is 29.5 Å². The van der Waals surface area contributed by atoms with E-state index < -0.39 is 16.5 Å². The molecular weight excluding hydrogens is 312 g/mol. The molecule has 0 aromatic heterocycles. The number of quaternary nitrogens is 1. The average Bonchev–Trinajstić information content (AvgIpc) is 2.91. The van der Waals surface area contributed by atoms with Gasteiger partial charge in [0, 0.05) is 31.3 Å². The fourth-order valence-corrected chi connectivity index (χ4v) is 3.64. The molecule has 2 bridgehead atoms. The Morgan fingerprint density at radius 1 is 1.38 bits per heavy atom. The zero-order chi connectivity index (χ0) is 17.7. The third-order valence-electron chi connectivity index (χ3n) is 4.83. The Labute approximate surface area is 141 Å². The summed E-state index contributed by atoms with van der Waals surface area (Å²) < 4.78 is -0.616. The maximum absolute atomic E-state index is 13.0. The van der Waals surface area contributed by atoms with Gasteiger partial charge in [-0.2, -0.15) is 10.3 Å². The van der Waals surface area contributed by atoms with Crippen LogP contribution in [-0.4, -0.2) is 65.9 Å². The number of ketones is 1. The molecule has 3 N–H and O–H groups in total. The molecule has 0 spiro atoms. The molecule has 4 rings (SSSR count). The van der Waals surface area contributed by atoms with Gasteiger partial charge in [0.15, 0.2) is 11.3 Å². The lowest BCUT2D eigenvalue weighted by atomic mass is 9.84. The SMILES string of the molecule is CCC1N(O)C2=C[N+]1(O)N2C1(C(=O)C(C)C)C=CN(CCO)C=C1. The third kappa shape index (κ3) is 2.04. The topological polar surface area (TPSA) is 87.5 Å². The number of β-amino-alcohol motifs (C(OH)–C–C–N with tert-alkyl or cyclic N) is 1. The van der Waals surface area contributed by atoms with Gasteiger partial charge in [-0.15, -0.1) is 5.01 Å². The lowest BCUT2D eigenvalue weighted by Gasteiger charge is -2.47. The van der Waals surface area contributed by atoms with E-state index in [4.69, 9.17) is 5.11 Å². The van der Waals surface area contributed by atoms with Gasteiger partial charge < -0.3 is 10.0 Å². The van der Waals surface area contributed by atoms with Crippen molar-refractivity contribution in [2.24, 2.45) is 5.92 Å². The number of hydrogen-bond donors (Lipinski definition) is 3. The van der Waals surface area contributed by atoms with Gasteiger partial charge >= 0.3 is 0 Å². The minimum Gasteiger partial charge on any atom is -0.395 e. The van der Waals surface area contributed by atoms with E-state index in [1.165, 1.54) is 11.2 Å². The molecule has 0 saturated carbocycles. The van der Waals surface area contributed by atoms with Gasteiger partial charge in [0.1, 0.15) is 0 Å². The van der Waals surface area contributed by atoms with Crippen LogP contribution in [0.3, 0.4) is 0 Å². The Balaban J connectivity index is 2.01. The molecule has 4 heterocycles. The molecule has 0 aliphatic carbocycles. The minimum absolute atomic E-state index is 0.00298. The zero-order valence-electron chi connectivity index (χ0n) is 14.2. The Bertz CT molecular complexity index is 616. The molecule has 8 nitrogen and oxygen atoms in total. The molecule has 24 heavy (non-hydrogen) atoms. The Morgan fingerprint density at radius 2 is 2.00 bits per heavy atom. The maximum Gasteiger partial charge on any atom is 0.247 e. The fraction of sp³-hybridized carbons (Fsp3) is 0.562. The molecule has 1 saturated heterocycles. The molecule has 132 valence electrons. The smallest absolute Gasteiger partial charge is 0.247 e. The van der Waals surface area contributed by atoms with Crippen molar-refractivity contribution >= 4 is 5.78 Å². The summed E-state index contributed by atoms with van der Waals surface area (Å²) in [5.74, 6) is 0.0820. The van der Waals surface area contributed by atoms with Gasteiger partial charge in [-0.1, -0.05) is 20.8 Å². The molecule has 0 radical (unpaired) electrons. The number of hydroxylamine groups is 4. The highest BCUT2D eigenvalue weighted by atomic mass is 16.7. The quantitative estimate of drug-likeness (QED) is 0.622. The van der Waals surface area contributed by atoms with Crippen molar-refractivity contribution in [2.45, 2.75) is 38.9 Å². The second kappa shape index (κ2) is 5.59. The summed E-state index contributed by atoms with van der Waals surface area (Å²) in [6, 6.07) is 0. The van der Waals surface area contributed by atoms with Crippen LogP contribution >= 0.6 is 0 Å². The van der Waals surface area contributed by atoms with Crippen LogP contribution in [0.5, 0.6) is 0 Å². The second-order valence-corrected chi connectivity index (χ2v) is 6.67. The predicted octanol–water partition coefficient (Wildman–Crippen LogP) is 0.962. The van der Waals surface area contributed by atoms with Crippen molar-refractivity contribution in [3.8, 4) is 0 Å². The Hall–Kier alpha value is -1.87. The maximum atomic E-state index is 13.0. The number of nitrogens with zero attached hydrogens (tertiary/aromatic N) is 4. The van der Waals surface area contributed by atoms with Crippen LogP contribution in [0.15, 0.2) is 36.6 Å². The summed E-state index contributed by atoms with van der Waals surface area (Å²) in [4.78, 5) is 14.8. The Morgan fingerprint density at radius 3 is 2.46 bits per heavy atom. The standard InChI is InChI=1S/C16H25N4O4/c1-4-14-18(23)13-11-20(14,24)19(13)16(15(22)12(2)3)5-7-17(8-6-16)9-10-21/h5-8,11-12,14,21,23-24H,4,9-10H2,1-3H3/q+1. The highest BCUT2D eigenvalue weighted by Gasteiger charge is 2.71. The molecule has 2 atom stereocenters. The number of aliphatic hydroxyl groups excluding tert-OH is 1. The Kier molecular flexibility index (Phi) is 3.95. The molecule has 4 aliphatic heterocycles. The molecule has 0 amide bonds. The predicted molar refractivity (Wildman–Crippen MR) is 84.3 cm³/mol. The third-order valence-corrected chi connectivity index (χ3v) is 4.83. The van der Waals surface area contributed by atoms with Crippen molar-refractivity contribution in [1.29, 1.82) is 0 Å². The first-order chi connectivity index (χ1) is 11.3. The summed E-state index contributed by atoms with van der Waals surface area (Å²) in [7, 11) is 0. The highest BCUT2D eigenvalue weighted by molar-refractivity contribution is 5.94. The molecule has 1 fully saturated rings. The van der Waals surface area contributed by atoms with Gasteiger partial charge in [0.2, 0.25) is 18.2 Å². The van der Waals surface area contributed by atoms with Crippen molar-refractivity contribution in [3.05, 3.63) is 36.6 Å². The van der Waals surface area contributed by atoms with E-state index in [0.717, 1.165) is 5.06 Å². The number of Topliss-reactive ketones (excluding diaryl/α,β-unsaturated/α-hetero) is 1. The van der Waals surface area contributed by atoms with E-state index in [9.17, 15) is 15.2 Å². The van der Waals surface area contributed by atoms with Crippen LogP contribution in [-0.2, 0) is 4.79 Å². The monoisotopic (exact) mass is 337 g/mol. The molecule has 4 aliphatic rings. The number of fused-ring (bicyclic) bond motifs is 1. The highest BCUT2D eigenvalue weighted by Crippen LogP contribution is 2.50. The first-order valence-corrected chi connectivity index (χ1v) is 8.24. The van der Waals surface area contributed by atoms with Crippen LogP contribution in [0, 0.1) is 5.92 Å². The van der Waals surface area contributed by atoms with E-state index in [-0.39, 0.29) is 18.3 Å². The summed E-state index contributed by atoms with van der Waals surface area (Å²) in [6.45, 7) is 5.91. The number of carbonyl (C=O) groups excluding carboxylic acids is 1. The fourth-order valence-electron chi connectivity index (χ4n) is 3.64. The van der Waals surface area contributed by atoms with Crippen molar-refractivity contribution in [3.63, 3.8) is 0 Å². The lowest BCUT2D eigenvalue weighted by Crippen LogP contribution is -2.69. The van der Waals surface area contributed by atoms with Gasteiger partial charge in [-0.05, 0) is 16.9 Å². The summed E-state index contributed by atoms with van der Waals surface area (Å²) in [6.07, 6.45) is 8.37. The van der Waals surface area contributed by atoms with Crippen molar-refractivity contribution in [2.75, 3.05) is 13.2 Å². The molecule has 0 aromatic rings. The minimum atomic E-state index is -1.18. The normalized spacial score (nSPS) is 30.0. The molecular formula is C16H25N4O4+. The molecule has 8 heteroatoms. The van der Waals surface area contributed by atoms with Gasteiger partial charge in [0.05, 0.1) is 6.61 Å². The summed E-state index contributed by atoms with van der Waals surface area (Å²) in [5, 5.41) is 32.9. The summed E-state index contributed by atoms with van der Waals surface area (Å²) in [5.41, 5.74) is -1.18. The first-order valence-electron chi connectivity index (χ1n) is 8.24. The van der Waals surface area contributed by atoms with Crippen LogP contribution in [0.2, 0.25) is 0 Å². The van der Waals surface area contributed by atoms with Crippen molar-refractivity contribution < 1.29 is 25.1 Å². The van der Waals surface area contributed by atoms with Gasteiger partial charge in [0.25, 0.3) is 0 Å². The van der Waals surface area contributed by atoms with Crippen LogP contribution in [0.25, 0.3) is 0 Å². The van der Waals surface area contributed by atoms with Gasteiger partial charge in [-0.25, -0.2) is 0 Å². The first kappa shape index (κ1) is 17.0. The second-order valence-electron chi connectivity index (χ2n) is 6.67. The van der Waals surface area contributed by atoms with E-state index >= 15 is 0 Å². The molecule has 0 aromatic carbocycles. The number of hydrogen-bond acceptors (Lipinski definition) is 7. The zero-order valence-corrected chi connectivity index (χ0v) is 14.2. The van der Waals surface area contributed by atoms with Crippen LogP contribution in [0.1, 0.15) is 27.2 Å². The largest absolute Gasteiger partial charge is 0.395 e. The van der Waals surface area contributed by atoms with Crippen LogP contribution < -0.4 is 0 Å². The van der Waals surface area contributed by atoms with Gasteiger partial charge in [-0.3, -0.25) is 10.0 Å². The number of aliphatic hydroxyl groups is 1. The average molecular weight is 337 g/mol. The van der Waals surface area contributed by atoms with Crippen LogP contribution in [0.4, 0.5) is 0 Å². The number of carbonyl (C=O) groups is 1. The summed E-state index contributed by atoms with van der Waals surface area (Å²) >= 11 is 0. The molecule has 2 unspecified atom stereocenters. The van der Waals surface area contributed by atoms with E-state index in [1.807, 2.05) is 20.8 Å².